The van der Waals surface area contributed by atoms with Crippen molar-refractivity contribution in [3.8, 4) is 11.1 Å². The largest absolute Gasteiger partial charge is 0.347 e. The van der Waals surface area contributed by atoms with Gasteiger partial charge in [-0.3, -0.25) is 14.3 Å². The van der Waals surface area contributed by atoms with E-state index >= 15 is 0 Å². The van der Waals surface area contributed by atoms with E-state index in [2.05, 4.69) is 9.97 Å². The maximum atomic E-state index is 12.2. The molecule has 0 atom stereocenters. The van der Waals surface area contributed by atoms with Gasteiger partial charge in [0.1, 0.15) is 5.65 Å². The fraction of sp³-hybridized carbons (Fsp3) is 0.0769. The zero-order valence-electron chi connectivity index (χ0n) is 10.3. The van der Waals surface area contributed by atoms with Gasteiger partial charge in [0.2, 0.25) is 0 Å². The fourth-order valence-electron chi connectivity index (χ4n) is 2.09. The molecular weight excluding hydrogens is 301 g/mol. The molecule has 2 heterocycles. The van der Waals surface area contributed by atoms with Crippen molar-refractivity contribution in [1.82, 2.24) is 14.5 Å². The Kier molecular flexibility index (Phi) is 2.96. The molecule has 2 aromatic heterocycles. The molecule has 0 spiro atoms. The Bertz CT molecular complexity index is 937. The number of H-pyrrole nitrogens is 2. The van der Waals surface area contributed by atoms with E-state index in [4.69, 9.17) is 23.2 Å². The molecular formula is C13H9Cl2N3O2. The Balaban J connectivity index is 2.38. The summed E-state index contributed by atoms with van der Waals surface area (Å²) in [7, 11) is 1.42. The van der Waals surface area contributed by atoms with Gasteiger partial charge < -0.3 is 4.98 Å². The molecule has 102 valence electrons. The average Bonchev–Trinajstić information content (AvgIpc) is 2.83. The SMILES string of the molecule is Cn1c(=O)[nH]c2[nH]cc(-c3ccc(Cl)c(Cl)c3)c2c1=O. The maximum absolute atomic E-state index is 12.2. The second kappa shape index (κ2) is 4.54. The summed E-state index contributed by atoms with van der Waals surface area (Å²) in [6.07, 6.45) is 1.65. The van der Waals surface area contributed by atoms with Crippen LogP contribution in [0.4, 0.5) is 0 Å². The van der Waals surface area contributed by atoms with Gasteiger partial charge in [-0.25, -0.2) is 4.79 Å². The van der Waals surface area contributed by atoms with E-state index < -0.39 is 5.69 Å². The molecule has 3 aromatic rings. The number of aromatic nitrogens is 3. The van der Waals surface area contributed by atoms with Crippen LogP contribution in [-0.2, 0) is 7.05 Å². The van der Waals surface area contributed by atoms with Crippen molar-refractivity contribution in [2.75, 3.05) is 0 Å². The second-order valence-corrected chi connectivity index (χ2v) is 5.19. The average molecular weight is 310 g/mol. The Labute approximate surface area is 122 Å². The summed E-state index contributed by atoms with van der Waals surface area (Å²) < 4.78 is 1.02. The molecule has 0 aliphatic rings. The van der Waals surface area contributed by atoms with E-state index in [1.165, 1.54) is 7.05 Å². The van der Waals surface area contributed by atoms with E-state index in [9.17, 15) is 9.59 Å². The predicted octanol–water partition coefficient (Wildman–Crippen LogP) is 2.53. The summed E-state index contributed by atoms with van der Waals surface area (Å²) in [6.45, 7) is 0. The van der Waals surface area contributed by atoms with E-state index in [-0.39, 0.29) is 5.56 Å². The first-order valence-corrected chi connectivity index (χ1v) is 6.50. The van der Waals surface area contributed by atoms with Gasteiger partial charge in [0.25, 0.3) is 5.56 Å². The van der Waals surface area contributed by atoms with Crippen LogP contribution >= 0.6 is 23.2 Å². The highest BCUT2D eigenvalue weighted by Gasteiger charge is 2.13. The molecule has 0 unspecified atom stereocenters. The minimum absolute atomic E-state index is 0.369. The Morgan fingerprint density at radius 2 is 1.90 bits per heavy atom. The molecule has 0 bridgehead atoms. The van der Waals surface area contributed by atoms with Crippen LogP contribution in [0.3, 0.4) is 0 Å². The normalized spacial score (nSPS) is 11.2. The van der Waals surface area contributed by atoms with Gasteiger partial charge in [-0.15, -0.1) is 0 Å². The van der Waals surface area contributed by atoms with E-state index in [1.807, 2.05) is 0 Å². The number of nitrogens with zero attached hydrogens (tertiary/aromatic N) is 1. The predicted molar refractivity (Wildman–Crippen MR) is 79.6 cm³/mol. The molecule has 0 radical (unpaired) electrons. The summed E-state index contributed by atoms with van der Waals surface area (Å²) in [5.41, 5.74) is 0.959. The number of rotatable bonds is 1. The van der Waals surface area contributed by atoms with Crippen LogP contribution in [0.5, 0.6) is 0 Å². The number of aromatic amines is 2. The Morgan fingerprint density at radius 1 is 1.15 bits per heavy atom. The minimum Gasteiger partial charge on any atom is -0.347 e. The van der Waals surface area contributed by atoms with Gasteiger partial charge in [-0.1, -0.05) is 29.3 Å². The number of halogens is 2. The lowest BCUT2D eigenvalue weighted by Gasteiger charge is -2.02. The van der Waals surface area contributed by atoms with E-state index in [0.29, 0.717) is 26.6 Å². The lowest BCUT2D eigenvalue weighted by atomic mass is 10.1. The van der Waals surface area contributed by atoms with Crippen LogP contribution in [-0.4, -0.2) is 14.5 Å². The lowest BCUT2D eigenvalue weighted by Crippen LogP contribution is -2.32. The lowest BCUT2D eigenvalue weighted by molar-refractivity contribution is 0.793. The molecule has 0 amide bonds. The first kappa shape index (κ1) is 13.0. The van der Waals surface area contributed by atoms with Gasteiger partial charge in [-0.2, -0.15) is 0 Å². The summed E-state index contributed by atoms with van der Waals surface area (Å²) >= 11 is 11.9. The highest BCUT2D eigenvalue weighted by atomic mass is 35.5. The first-order chi connectivity index (χ1) is 9.49. The molecule has 7 heteroatoms. The Morgan fingerprint density at radius 3 is 2.60 bits per heavy atom. The van der Waals surface area contributed by atoms with Gasteiger partial charge in [0.05, 0.1) is 15.4 Å². The van der Waals surface area contributed by atoms with Gasteiger partial charge >= 0.3 is 5.69 Å². The van der Waals surface area contributed by atoms with Crippen LogP contribution in [0.25, 0.3) is 22.2 Å². The van der Waals surface area contributed by atoms with Crippen LogP contribution in [0.15, 0.2) is 34.0 Å². The maximum Gasteiger partial charge on any atom is 0.329 e. The third kappa shape index (κ3) is 1.87. The van der Waals surface area contributed by atoms with Crippen molar-refractivity contribution in [3.63, 3.8) is 0 Å². The molecule has 0 saturated heterocycles. The molecule has 20 heavy (non-hydrogen) atoms. The van der Waals surface area contributed by atoms with Crippen LogP contribution in [0.1, 0.15) is 0 Å². The number of hydrogen-bond acceptors (Lipinski definition) is 2. The van der Waals surface area contributed by atoms with Crippen molar-refractivity contribution >= 4 is 34.2 Å². The quantitative estimate of drug-likeness (QED) is 0.725. The number of hydrogen-bond donors (Lipinski definition) is 2. The van der Waals surface area contributed by atoms with Crippen LogP contribution in [0, 0.1) is 0 Å². The molecule has 0 fully saturated rings. The summed E-state index contributed by atoms with van der Waals surface area (Å²) in [5.74, 6) is 0. The summed E-state index contributed by atoms with van der Waals surface area (Å²) in [4.78, 5) is 29.3. The fourth-order valence-corrected chi connectivity index (χ4v) is 2.38. The van der Waals surface area contributed by atoms with Gasteiger partial charge in [0.15, 0.2) is 0 Å². The molecule has 5 nitrogen and oxygen atoms in total. The molecule has 1 aromatic carbocycles. The van der Waals surface area contributed by atoms with Crippen molar-refractivity contribution in [2.45, 2.75) is 0 Å². The van der Waals surface area contributed by atoms with Gasteiger partial charge in [-0.05, 0) is 17.7 Å². The highest BCUT2D eigenvalue weighted by Crippen LogP contribution is 2.30. The summed E-state index contributed by atoms with van der Waals surface area (Å²) in [5, 5.41) is 1.25. The topological polar surface area (TPSA) is 70.7 Å². The number of nitrogens with one attached hydrogen (secondary N) is 2. The van der Waals surface area contributed by atoms with Crippen molar-refractivity contribution < 1.29 is 0 Å². The Hall–Kier alpha value is -1.98. The number of fused-ring (bicyclic) bond motifs is 1. The highest BCUT2D eigenvalue weighted by molar-refractivity contribution is 6.42. The van der Waals surface area contributed by atoms with Gasteiger partial charge in [0, 0.05) is 18.8 Å². The van der Waals surface area contributed by atoms with Crippen molar-refractivity contribution in [2.24, 2.45) is 7.05 Å². The zero-order chi connectivity index (χ0) is 14.4. The molecule has 2 N–H and O–H groups in total. The molecule has 0 saturated carbocycles. The van der Waals surface area contributed by atoms with Crippen molar-refractivity contribution in [3.05, 3.63) is 55.3 Å². The molecule has 3 rings (SSSR count). The zero-order valence-corrected chi connectivity index (χ0v) is 11.8. The van der Waals surface area contributed by atoms with Crippen LogP contribution < -0.4 is 11.2 Å². The third-order valence-corrected chi connectivity index (χ3v) is 3.90. The molecule has 0 aliphatic heterocycles. The number of benzene rings is 1. The van der Waals surface area contributed by atoms with Crippen LogP contribution in [0.2, 0.25) is 10.0 Å². The minimum atomic E-state index is -0.468. The first-order valence-electron chi connectivity index (χ1n) is 5.75. The standard InChI is InChI=1S/C13H9Cl2N3O2/c1-18-12(19)10-7(5-16-11(10)17-13(18)20)6-2-3-8(14)9(15)4-6/h2-5,16H,1H3,(H,17,20). The van der Waals surface area contributed by atoms with E-state index in [1.54, 1.807) is 24.4 Å². The molecule has 0 aliphatic carbocycles. The second-order valence-electron chi connectivity index (χ2n) is 4.38. The van der Waals surface area contributed by atoms with E-state index in [0.717, 1.165) is 10.1 Å². The smallest absolute Gasteiger partial charge is 0.329 e. The van der Waals surface area contributed by atoms with Crippen molar-refractivity contribution in [1.29, 1.82) is 0 Å². The monoisotopic (exact) mass is 309 g/mol. The summed E-state index contributed by atoms with van der Waals surface area (Å²) in [6, 6.07) is 5.10. The third-order valence-electron chi connectivity index (χ3n) is 3.17.